The van der Waals surface area contributed by atoms with Crippen LogP contribution in [0.3, 0.4) is 0 Å². The first-order valence-corrected chi connectivity index (χ1v) is 12.3. The summed E-state index contributed by atoms with van der Waals surface area (Å²) in [5.41, 5.74) is -0.593. The number of pyridine rings is 1. The molecular formula is C26H34F3N3O3. The summed E-state index contributed by atoms with van der Waals surface area (Å²) in [4.78, 5) is 19.7. The van der Waals surface area contributed by atoms with Crippen molar-refractivity contribution in [2.45, 2.75) is 76.4 Å². The third-order valence-electron chi connectivity index (χ3n) is 8.05. The lowest BCUT2D eigenvalue weighted by Gasteiger charge is -2.41. The maximum Gasteiger partial charge on any atom is 0.417 e. The number of methoxy groups -OCH3 is 1. The summed E-state index contributed by atoms with van der Waals surface area (Å²) in [6, 6.07) is 1.40. The highest BCUT2D eigenvalue weighted by Crippen LogP contribution is 2.47. The predicted molar refractivity (Wildman–Crippen MR) is 124 cm³/mol. The van der Waals surface area contributed by atoms with Crippen LogP contribution >= 0.6 is 0 Å². The summed E-state index contributed by atoms with van der Waals surface area (Å²) in [6.45, 7) is 5.66. The lowest BCUT2D eigenvalue weighted by atomic mass is 9.73. The SMILES string of the molecule is C#C[C@@H]1CN(C(=O)[C@@]2(C(C)C)CC[C@@H](N[C@H]3CCOC[C@H]3OC)C2)Cc2cc(C(F)(F)F)cnc21. The highest BCUT2D eigenvalue weighted by atomic mass is 19.4. The molecule has 4 rings (SSSR count). The Labute approximate surface area is 204 Å². The second-order valence-corrected chi connectivity index (χ2v) is 10.3. The molecule has 1 aromatic heterocycles. The number of fused-ring (bicyclic) bond motifs is 1. The van der Waals surface area contributed by atoms with Gasteiger partial charge in [0.1, 0.15) is 0 Å². The van der Waals surface area contributed by atoms with Gasteiger partial charge in [-0.15, -0.1) is 6.42 Å². The molecule has 0 radical (unpaired) electrons. The summed E-state index contributed by atoms with van der Waals surface area (Å²) in [7, 11) is 1.68. The molecule has 3 heterocycles. The maximum atomic E-state index is 14.0. The fourth-order valence-corrected chi connectivity index (χ4v) is 5.92. The zero-order chi connectivity index (χ0) is 25.4. The van der Waals surface area contributed by atoms with Crippen LogP contribution in [0.5, 0.6) is 0 Å². The van der Waals surface area contributed by atoms with Crippen LogP contribution in [0, 0.1) is 23.7 Å². The molecule has 1 saturated heterocycles. The number of alkyl halides is 3. The number of aromatic nitrogens is 1. The van der Waals surface area contributed by atoms with Crippen LogP contribution in [0.25, 0.3) is 0 Å². The Morgan fingerprint density at radius 1 is 1.40 bits per heavy atom. The Bertz CT molecular complexity index is 977. The minimum Gasteiger partial charge on any atom is -0.379 e. The van der Waals surface area contributed by atoms with Gasteiger partial charge < -0.3 is 19.7 Å². The first-order valence-electron chi connectivity index (χ1n) is 12.3. The first kappa shape index (κ1) is 25.9. The molecule has 35 heavy (non-hydrogen) atoms. The number of terminal acetylenes is 1. The number of hydrogen-bond donors (Lipinski definition) is 1. The van der Waals surface area contributed by atoms with Gasteiger partial charge in [0.05, 0.1) is 35.3 Å². The van der Waals surface area contributed by atoms with Gasteiger partial charge in [0.25, 0.3) is 0 Å². The summed E-state index contributed by atoms with van der Waals surface area (Å²) >= 11 is 0. The fraction of sp³-hybridized carbons (Fsp3) is 0.692. The smallest absolute Gasteiger partial charge is 0.379 e. The Morgan fingerprint density at radius 2 is 2.17 bits per heavy atom. The lowest BCUT2D eigenvalue weighted by Crippen LogP contribution is -2.52. The monoisotopic (exact) mass is 493 g/mol. The zero-order valence-corrected chi connectivity index (χ0v) is 20.5. The zero-order valence-electron chi connectivity index (χ0n) is 20.5. The van der Waals surface area contributed by atoms with Crippen molar-refractivity contribution in [1.82, 2.24) is 15.2 Å². The van der Waals surface area contributed by atoms with Crippen molar-refractivity contribution in [3.05, 3.63) is 29.1 Å². The van der Waals surface area contributed by atoms with Crippen molar-refractivity contribution >= 4 is 5.91 Å². The molecule has 2 fully saturated rings. The second kappa shape index (κ2) is 10.1. The van der Waals surface area contributed by atoms with Crippen LogP contribution in [-0.2, 0) is 27.0 Å². The molecule has 2 aliphatic heterocycles. The van der Waals surface area contributed by atoms with Crippen molar-refractivity contribution in [2.75, 3.05) is 26.9 Å². The molecule has 0 spiro atoms. The van der Waals surface area contributed by atoms with E-state index in [1.54, 1.807) is 12.0 Å². The van der Waals surface area contributed by atoms with Crippen LogP contribution in [0.2, 0.25) is 0 Å². The van der Waals surface area contributed by atoms with Crippen molar-refractivity contribution in [2.24, 2.45) is 11.3 Å². The summed E-state index contributed by atoms with van der Waals surface area (Å²) in [6.07, 6.45) is 5.09. The van der Waals surface area contributed by atoms with E-state index in [0.29, 0.717) is 37.3 Å². The van der Waals surface area contributed by atoms with E-state index in [0.717, 1.165) is 25.1 Å². The van der Waals surface area contributed by atoms with E-state index in [1.807, 2.05) is 13.8 Å². The summed E-state index contributed by atoms with van der Waals surface area (Å²) in [5.74, 6) is 2.14. The van der Waals surface area contributed by atoms with Crippen molar-refractivity contribution in [3.63, 3.8) is 0 Å². The summed E-state index contributed by atoms with van der Waals surface area (Å²) < 4.78 is 51.0. The van der Waals surface area contributed by atoms with Gasteiger partial charge in [-0.05, 0) is 43.2 Å². The van der Waals surface area contributed by atoms with Crippen LogP contribution in [0.4, 0.5) is 13.2 Å². The van der Waals surface area contributed by atoms with Crippen molar-refractivity contribution in [1.29, 1.82) is 0 Å². The number of carbonyl (C=O) groups excluding carboxylic acids is 1. The number of halogens is 3. The molecule has 1 aliphatic carbocycles. The molecule has 0 bridgehead atoms. The quantitative estimate of drug-likeness (QED) is 0.633. The molecule has 1 N–H and O–H groups in total. The van der Waals surface area contributed by atoms with E-state index in [4.69, 9.17) is 15.9 Å². The van der Waals surface area contributed by atoms with E-state index in [1.165, 1.54) is 0 Å². The largest absolute Gasteiger partial charge is 0.417 e. The van der Waals surface area contributed by atoms with E-state index in [9.17, 15) is 18.0 Å². The number of hydrogen-bond acceptors (Lipinski definition) is 5. The number of carbonyl (C=O) groups is 1. The van der Waals surface area contributed by atoms with Crippen LogP contribution in [-0.4, -0.2) is 60.8 Å². The molecule has 1 amide bonds. The number of rotatable bonds is 5. The van der Waals surface area contributed by atoms with Gasteiger partial charge in [0, 0.05) is 45.1 Å². The Kier molecular flexibility index (Phi) is 7.46. The number of ether oxygens (including phenoxy) is 2. The Hall–Kier alpha value is -2.15. The van der Waals surface area contributed by atoms with Gasteiger partial charge in [-0.1, -0.05) is 19.8 Å². The highest BCUT2D eigenvalue weighted by Gasteiger charge is 2.50. The second-order valence-electron chi connectivity index (χ2n) is 10.3. The lowest BCUT2D eigenvalue weighted by molar-refractivity contribution is -0.146. The first-order chi connectivity index (χ1) is 16.6. The van der Waals surface area contributed by atoms with E-state index in [-0.39, 0.29) is 43.1 Å². The summed E-state index contributed by atoms with van der Waals surface area (Å²) in [5, 5.41) is 3.70. The van der Waals surface area contributed by atoms with Gasteiger partial charge >= 0.3 is 6.18 Å². The Balaban J connectivity index is 1.54. The molecule has 1 saturated carbocycles. The van der Waals surface area contributed by atoms with Gasteiger partial charge in [-0.2, -0.15) is 13.2 Å². The van der Waals surface area contributed by atoms with Gasteiger partial charge in [0.2, 0.25) is 5.91 Å². The normalized spacial score (nSPS) is 31.3. The third kappa shape index (κ3) is 5.07. The molecule has 0 aromatic carbocycles. The fourth-order valence-electron chi connectivity index (χ4n) is 5.92. The Morgan fingerprint density at radius 3 is 2.83 bits per heavy atom. The third-order valence-corrected chi connectivity index (χ3v) is 8.05. The van der Waals surface area contributed by atoms with Gasteiger partial charge in [-0.3, -0.25) is 9.78 Å². The number of nitrogens with zero attached hydrogens (tertiary/aromatic N) is 2. The average molecular weight is 494 g/mol. The number of nitrogens with one attached hydrogen (secondary N) is 1. The minimum absolute atomic E-state index is 0.0289. The minimum atomic E-state index is -4.51. The van der Waals surface area contributed by atoms with Crippen LogP contribution in [0.15, 0.2) is 12.3 Å². The van der Waals surface area contributed by atoms with Crippen molar-refractivity contribution < 1.29 is 27.4 Å². The van der Waals surface area contributed by atoms with Gasteiger partial charge in [-0.25, -0.2) is 0 Å². The maximum absolute atomic E-state index is 14.0. The molecule has 1 aromatic rings. The highest BCUT2D eigenvalue weighted by molar-refractivity contribution is 5.84. The standard InChI is InChI=1S/C26H34F3N3O3/c1-5-17-13-32(14-18-10-19(26(27,28)29)12-30-23(17)18)24(33)25(16(2)3)8-6-20(11-25)31-21-7-9-35-15-22(21)34-4/h1,10,12,16-17,20-22,31H,6-9,11,13-15H2,2-4H3/t17-,20-,21+,22-,25+/m1/s1. The predicted octanol–water partition coefficient (Wildman–Crippen LogP) is 3.75. The molecule has 3 aliphatic rings. The molecular weight excluding hydrogens is 459 g/mol. The average Bonchev–Trinajstić information content (AvgIpc) is 3.27. The topological polar surface area (TPSA) is 63.7 Å². The number of amides is 1. The molecule has 192 valence electrons. The van der Waals surface area contributed by atoms with E-state index in [2.05, 4.69) is 16.2 Å². The van der Waals surface area contributed by atoms with Crippen molar-refractivity contribution in [3.8, 4) is 12.3 Å². The molecule has 9 heteroatoms. The van der Waals surface area contributed by atoms with Gasteiger partial charge in [0.15, 0.2) is 0 Å². The van der Waals surface area contributed by atoms with E-state index >= 15 is 0 Å². The molecule has 5 atom stereocenters. The van der Waals surface area contributed by atoms with E-state index < -0.39 is 23.1 Å². The van der Waals surface area contributed by atoms with Crippen LogP contribution in [0.1, 0.15) is 62.3 Å². The van der Waals surface area contributed by atoms with Crippen LogP contribution < -0.4 is 5.32 Å². The molecule has 6 nitrogen and oxygen atoms in total. The molecule has 0 unspecified atom stereocenters.